The van der Waals surface area contributed by atoms with Crippen molar-refractivity contribution in [2.24, 2.45) is 0 Å². The van der Waals surface area contributed by atoms with Crippen LogP contribution in [0.5, 0.6) is 5.75 Å². The maximum absolute atomic E-state index is 10.9. The number of carbonyl (C=O) groups excluding carboxylic acids is 1. The third-order valence-corrected chi connectivity index (χ3v) is 11.4. The Morgan fingerprint density at radius 1 is 1.05 bits per heavy atom. The molecule has 1 aromatic rings. The number of halogens is 1. The van der Waals surface area contributed by atoms with Crippen molar-refractivity contribution in [1.82, 2.24) is 0 Å². The monoisotopic (exact) mass is 384 g/mol. The quantitative estimate of drug-likeness (QED) is 0.318. The molecule has 0 aliphatic heterocycles. The molecule has 124 valence electrons. The molecule has 0 radical (unpaired) electrons. The first-order valence-electron chi connectivity index (χ1n) is 8.05. The van der Waals surface area contributed by atoms with E-state index >= 15 is 0 Å². The maximum Gasteiger partial charge on any atom is 0.258 e. The molecule has 1 unspecified atom stereocenters. The minimum Gasteiger partial charge on any atom is -0.543 e. The number of hydrogen-bond acceptors (Lipinski definition) is 2. The molecular formula is C18H29BrO2Si. The Balaban J connectivity index is 3.22. The van der Waals surface area contributed by atoms with Gasteiger partial charge in [-0.2, -0.15) is 0 Å². The van der Waals surface area contributed by atoms with Gasteiger partial charge in [0.15, 0.2) is 0 Å². The number of carbonyl (C=O) groups is 1. The number of aryl methyl sites for hydroxylation is 1. The van der Waals surface area contributed by atoms with Crippen LogP contribution < -0.4 is 4.43 Å². The fraction of sp³-hybridized carbons (Fsp3) is 0.611. The predicted octanol–water partition coefficient (Wildman–Crippen LogP) is 6.18. The largest absolute Gasteiger partial charge is 0.543 e. The van der Waals surface area contributed by atoms with Gasteiger partial charge >= 0.3 is 0 Å². The summed E-state index contributed by atoms with van der Waals surface area (Å²) in [5.74, 6) is 0.970. The summed E-state index contributed by atoms with van der Waals surface area (Å²) in [6, 6.07) is 6.05. The van der Waals surface area contributed by atoms with Crippen molar-refractivity contribution in [3.05, 3.63) is 29.3 Å². The zero-order valence-corrected chi connectivity index (χ0v) is 17.4. The van der Waals surface area contributed by atoms with Crippen LogP contribution in [-0.4, -0.2) is 14.6 Å². The highest BCUT2D eigenvalue weighted by Crippen LogP contribution is 2.43. The van der Waals surface area contributed by atoms with Crippen molar-refractivity contribution >= 4 is 30.5 Å². The van der Waals surface area contributed by atoms with Gasteiger partial charge in [-0.05, 0) is 40.7 Å². The van der Waals surface area contributed by atoms with Crippen molar-refractivity contribution in [3.63, 3.8) is 0 Å². The third-order valence-electron chi connectivity index (χ3n) is 4.63. The van der Waals surface area contributed by atoms with Crippen molar-refractivity contribution in [2.75, 3.05) is 0 Å². The highest BCUT2D eigenvalue weighted by Gasteiger charge is 2.47. The first-order chi connectivity index (χ1) is 10.2. The van der Waals surface area contributed by atoms with E-state index in [1.54, 1.807) is 0 Å². The summed E-state index contributed by atoms with van der Waals surface area (Å²) >= 11 is 3.37. The average molecular weight is 385 g/mol. The Kier molecular flexibility index (Phi) is 6.87. The second-order valence-corrected chi connectivity index (χ2v) is 13.3. The third kappa shape index (κ3) is 3.83. The maximum atomic E-state index is 10.9. The predicted molar refractivity (Wildman–Crippen MR) is 101 cm³/mol. The van der Waals surface area contributed by atoms with Gasteiger partial charge < -0.3 is 9.22 Å². The zero-order valence-electron chi connectivity index (χ0n) is 14.8. The highest BCUT2D eigenvalue weighted by molar-refractivity contribution is 9.09. The van der Waals surface area contributed by atoms with Crippen molar-refractivity contribution in [2.45, 2.75) is 69.9 Å². The van der Waals surface area contributed by atoms with Gasteiger partial charge in [-0.15, -0.1) is 0 Å². The van der Waals surface area contributed by atoms with Crippen molar-refractivity contribution < 1.29 is 9.22 Å². The molecule has 1 rings (SSSR count). The highest BCUT2D eigenvalue weighted by atomic mass is 79.9. The van der Waals surface area contributed by atoms with Crippen LogP contribution in [0.15, 0.2) is 18.2 Å². The first-order valence-corrected chi connectivity index (χ1v) is 11.1. The van der Waals surface area contributed by atoms with Gasteiger partial charge in [0, 0.05) is 0 Å². The van der Waals surface area contributed by atoms with E-state index in [0.29, 0.717) is 16.6 Å². The minimum atomic E-state index is -1.93. The van der Waals surface area contributed by atoms with Gasteiger partial charge in [0.25, 0.3) is 8.32 Å². The standard InChI is InChI=1S/C18H29BrO2Si/c1-12(2)22(13(3)4,14(5)6)21-18-9-8-16(10-15(18)7)17(19)11-20/h8-14,17H,1-7H3. The molecule has 0 aliphatic rings. The van der Waals surface area contributed by atoms with E-state index < -0.39 is 8.32 Å². The van der Waals surface area contributed by atoms with Crippen molar-refractivity contribution in [1.29, 1.82) is 0 Å². The SMILES string of the molecule is Cc1cc(C(Br)C=O)ccc1O[Si](C(C)C)(C(C)C)C(C)C. The second-order valence-electron chi connectivity index (χ2n) is 6.98. The minimum absolute atomic E-state index is 0.248. The Bertz CT molecular complexity index is 490. The molecule has 0 saturated carbocycles. The van der Waals surface area contributed by atoms with E-state index in [2.05, 4.69) is 64.4 Å². The van der Waals surface area contributed by atoms with Crippen molar-refractivity contribution in [3.8, 4) is 5.75 Å². The van der Waals surface area contributed by atoms with E-state index in [9.17, 15) is 4.79 Å². The number of aldehydes is 1. The number of alkyl halides is 1. The fourth-order valence-corrected chi connectivity index (χ4v) is 9.18. The Morgan fingerprint density at radius 3 is 1.91 bits per heavy atom. The molecule has 0 N–H and O–H groups in total. The molecule has 0 saturated heterocycles. The molecule has 1 aromatic carbocycles. The van der Waals surface area contributed by atoms with Crippen LogP contribution in [-0.2, 0) is 4.79 Å². The van der Waals surface area contributed by atoms with E-state index in [0.717, 1.165) is 23.2 Å². The van der Waals surface area contributed by atoms with Gasteiger partial charge in [0.2, 0.25) is 0 Å². The Hall–Kier alpha value is -0.613. The van der Waals surface area contributed by atoms with Crippen LogP contribution in [0, 0.1) is 6.92 Å². The van der Waals surface area contributed by atoms with Crippen LogP contribution in [0.4, 0.5) is 0 Å². The molecule has 22 heavy (non-hydrogen) atoms. The molecular weight excluding hydrogens is 356 g/mol. The summed E-state index contributed by atoms with van der Waals surface area (Å²) in [5, 5.41) is 0. The molecule has 0 aromatic heterocycles. The topological polar surface area (TPSA) is 26.3 Å². The molecule has 0 heterocycles. The summed E-state index contributed by atoms with van der Waals surface area (Å²) in [6.45, 7) is 15.8. The molecule has 0 amide bonds. The van der Waals surface area contributed by atoms with Gasteiger partial charge in [0.05, 0.1) is 4.83 Å². The number of rotatable bonds is 7. The van der Waals surface area contributed by atoms with E-state index in [-0.39, 0.29) is 4.83 Å². The van der Waals surface area contributed by atoms with Crippen LogP contribution in [0.1, 0.15) is 57.5 Å². The van der Waals surface area contributed by atoms with E-state index in [1.807, 2.05) is 18.2 Å². The average Bonchev–Trinajstić information content (AvgIpc) is 2.43. The molecule has 0 fully saturated rings. The van der Waals surface area contributed by atoms with E-state index in [1.165, 1.54) is 0 Å². The molecule has 0 aliphatic carbocycles. The lowest BCUT2D eigenvalue weighted by molar-refractivity contribution is -0.107. The molecule has 0 bridgehead atoms. The van der Waals surface area contributed by atoms with Gasteiger partial charge in [-0.1, -0.05) is 69.6 Å². The number of benzene rings is 1. The number of hydrogen-bond donors (Lipinski definition) is 0. The lowest BCUT2D eigenvalue weighted by Crippen LogP contribution is -2.50. The van der Waals surface area contributed by atoms with Gasteiger partial charge in [-0.3, -0.25) is 0 Å². The first kappa shape index (κ1) is 19.4. The zero-order chi connectivity index (χ0) is 17.1. The summed E-state index contributed by atoms with van der Waals surface area (Å²) in [5.41, 5.74) is 3.72. The van der Waals surface area contributed by atoms with Gasteiger partial charge in [0.1, 0.15) is 12.0 Å². The summed E-state index contributed by atoms with van der Waals surface area (Å²) in [4.78, 5) is 10.7. The normalized spacial score (nSPS) is 13.8. The van der Waals surface area contributed by atoms with Crippen LogP contribution >= 0.6 is 15.9 Å². The lowest BCUT2D eigenvalue weighted by Gasteiger charge is -2.42. The van der Waals surface area contributed by atoms with E-state index in [4.69, 9.17) is 4.43 Å². The smallest absolute Gasteiger partial charge is 0.258 e. The second kappa shape index (κ2) is 7.78. The molecule has 1 atom stereocenters. The molecule has 4 heteroatoms. The summed E-state index contributed by atoms with van der Waals surface area (Å²) in [7, 11) is -1.93. The summed E-state index contributed by atoms with van der Waals surface area (Å²) in [6.07, 6.45) is 0.907. The van der Waals surface area contributed by atoms with Crippen LogP contribution in [0.2, 0.25) is 16.6 Å². The Morgan fingerprint density at radius 2 is 1.55 bits per heavy atom. The lowest BCUT2D eigenvalue weighted by atomic mass is 10.1. The van der Waals surface area contributed by atoms with Crippen LogP contribution in [0.3, 0.4) is 0 Å². The summed E-state index contributed by atoms with van der Waals surface area (Å²) < 4.78 is 6.72. The fourth-order valence-electron chi connectivity index (χ4n) is 3.58. The molecule has 2 nitrogen and oxygen atoms in total. The molecule has 0 spiro atoms. The van der Waals surface area contributed by atoms with Crippen LogP contribution in [0.25, 0.3) is 0 Å². The Labute approximate surface area is 144 Å². The van der Waals surface area contributed by atoms with Gasteiger partial charge in [-0.25, -0.2) is 0 Å².